The van der Waals surface area contributed by atoms with Crippen LogP contribution in [0.5, 0.6) is 0 Å². The first kappa shape index (κ1) is 12.5. The van der Waals surface area contributed by atoms with Gasteiger partial charge in [-0.2, -0.15) is 0 Å². The zero-order chi connectivity index (χ0) is 11.3. The van der Waals surface area contributed by atoms with E-state index in [2.05, 4.69) is 5.32 Å². The summed E-state index contributed by atoms with van der Waals surface area (Å²) in [6, 6.07) is 0. The molecule has 1 aliphatic rings. The van der Waals surface area contributed by atoms with Crippen LogP contribution in [0.2, 0.25) is 0 Å². The topological polar surface area (TPSA) is 47.6 Å². The van der Waals surface area contributed by atoms with E-state index in [4.69, 9.17) is 9.47 Å². The van der Waals surface area contributed by atoms with Gasteiger partial charge in [0.25, 0.3) is 0 Å². The molecule has 0 radical (unpaired) electrons. The number of likely N-dealkylation sites (N-methyl/N-ethyl adjacent to an activating group) is 1. The first-order valence-corrected chi connectivity index (χ1v) is 5.56. The second-order valence-electron chi connectivity index (χ2n) is 4.48. The Morgan fingerprint density at radius 1 is 1.60 bits per heavy atom. The van der Waals surface area contributed by atoms with Crippen LogP contribution in [0.3, 0.4) is 0 Å². The third-order valence-electron chi connectivity index (χ3n) is 2.60. The molecule has 0 aromatic rings. The smallest absolute Gasteiger partial charge is 0.325 e. The van der Waals surface area contributed by atoms with E-state index in [9.17, 15) is 4.79 Å². The summed E-state index contributed by atoms with van der Waals surface area (Å²) >= 11 is 0. The van der Waals surface area contributed by atoms with Crippen LogP contribution in [-0.4, -0.2) is 37.9 Å². The fourth-order valence-electron chi connectivity index (χ4n) is 1.60. The fraction of sp³-hybridized carbons (Fsp3) is 0.909. The maximum absolute atomic E-state index is 11.7. The van der Waals surface area contributed by atoms with E-state index in [0.29, 0.717) is 12.5 Å². The molecule has 1 fully saturated rings. The van der Waals surface area contributed by atoms with Crippen LogP contribution in [0.15, 0.2) is 0 Å². The van der Waals surface area contributed by atoms with Crippen molar-refractivity contribution in [2.24, 2.45) is 5.92 Å². The van der Waals surface area contributed by atoms with Crippen molar-refractivity contribution in [3.63, 3.8) is 0 Å². The zero-order valence-corrected chi connectivity index (χ0v) is 9.84. The van der Waals surface area contributed by atoms with E-state index in [1.54, 1.807) is 0 Å². The van der Waals surface area contributed by atoms with Gasteiger partial charge in [-0.25, -0.2) is 0 Å². The SMILES string of the molecule is CCNC(C)(C)C(=O)OCC1CCOC1. The standard InChI is InChI=1S/C11H21NO3/c1-4-12-11(2,3)10(13)15-8-9-5-6-14-7-9/h9,12H,4-8H2,1-3H3. The van der Waals surface area contributed by atoms with Gasteiger partial charge in [-0.1, -0.05) is 6.92 Å². The predicted octanol–water partition coefficient (Wildman–Crippen LogP) is 0.954. The first-order valence-electron chi connectivity index (χ1n) is 5.56. The Hall–Kier alpha value is -0.610. The molecule has 1 heterocycles. The van der Waals surface area contributed by atoms with Gasteiger partial charge in [-0.15, -0.1) is 0 Å². The van der Waals surface area contributed by atoms with E-state index in [-0.39, 0.29) is 5.97 Å². The molecule has 1 atom stereocenters. The normalized spacial score (nSPS) is 21.7. The van der Waals surface area contributed by atoms with Crippen molar-refractivity contribution in [3.8, 4) is 0 Å². The molecule has 1 unspecified atom stereocenters. The van der Waals surface area contributed by atoms with Crippen molar-refractivity contribution >= 4 is 5.97 Å². The van der Waals surface area contributed by atoms with Crippen molar-refractivity contribution in [3.05, 3.63) is 0 Å². The first-order chi connectivity index (χ1) is 7.06. The summed E-state index contributed by atoms with van der Waals surface area (Å²) in [5.74, 6) is 0.197. The minimum absolute atomic E-state index is 0.184. The lowest BCUT2D eigenvalue weighted by molar-refractivity contribution is -0.151. The number of nitrogens with one attached hydrogen (secondary N) is 1. The third-order valence-corrected chi connectivity index (χ3v) is 2.60. The highest BCUT2D eigenvalue weighted by atomic mass is 16.5. The van der Waals surface area contributed by atoms with Crippen LogP contribution < -0.4 is 5.32 Å². The number of esters is 1. The molecule has 0 bridgehead atoms. The lowest BCUT2D eigenvalue weighted by atomic mass is 10.1. The molecular weight excluding hydrogens is 194 g/mol. The van der Waals surface area contributed by atoms with Gasteiger partial charge in [0.1, 0.15) is 5.54 Å². The van der Waals surface area contributed by atoms with Crippen LogP contribution in [0, 0.1) is 5.92 Å². The molecule has 0 saturated carbocycles. The number of carbonyl (C=O) groups is 1. The second-order valence-corrected chi connectivity index (χ2v) is 4.48. The average Bonchev–Trinajstić information content (AvgIpc) is 2.66. The molecule has 0 aromatic heterocycles. The molecule has 1 rings (SSSR count). The number of hydrogen-bond acceptors (Lipinski definition) is 4. The lowest BCUT2D eigenvalue weighted by Crippen LogP contribution is -2.48. The van der Waals surface area contributed by atoms with Crippen molar-refractivity contribution in [2.75, 3.05) is 26.4 Å². The minimum atomic E-state index is -0.589. The molecular formula is C11H21NO3. The minimum Gasteiger partial charge on any atom is -0.464 e. The van der Waals surface area contributed by atoms with Gasteiger partial charge in [-0.05, 0) is 26.8 Å². The van der Waals surface area contributed by atoms with Crippen molar-refractivity contribution in [1.29, 1.82) is 0 Å². The monoisotopic (exact) mass is 215 g/mol. The second kappa shape index (κ2) is 5.47. The van der Waals surface area contributed by atoms with Crippen molar-refractivity contribution < 1.29 is 14.3 Å². The largest absolute Gasteiger partial charge is 0.464 e. The molecule has 1 saturated heterocycles. The summed E-state index contributed by atoms with van der Waals surface area (Å²) in [4.78, 5) is 11.7. The Labute approximate surface area is 91.3 Å². The highest BCUT2D eigenvalue weighted by molar-refractivity contribution is 5.79. The summed E-state index contributed by atoms with van der Waals surface area (Å²) in [7, 11) is 0. The van der Waals surface area contributed by atoms with Gasteiger partial charge in [0.2, 0.25) is 0 Å². The quantitative estimate of drug-likeness (QED) is 0.694. The van der Waals surface area contributed by atoms with Gasteiger partial charge >= 0.3 is 5.97 Å². The Balaban J connectivity index is 2.27. The maximum Gasteiger partial charge on any atom is 0.325 e. The lowest BCUT2D eigenvalue weighted by Gasteiger charge is -2.24. The summed E-state index contributed by atoms with van der Waals surface area (Å²) < 4.78 is 10.5. The molecule has 88 valence electrons. The molecule has 0 aliphatic carbocycles. The molecule has 0 amide bonds. The van der Waals surface area contributed by atoms with Gasteiger partial charge in [0.05, 0.1) is 13.2 Å². The van der Waals surface area contributed by atoms with Crippen LogP contribution >= 0.6 is 0 Å². The van der Waals surface area contributed by atoms with E-state index < -0.39 is 5.54 Å². The summed E-state index contributed by atoms with van der Waals surface area (Å²) in [5, 5.41) is 3.09. The van der Waals surface area contributed by atoms with Gasteiger partial charge in [-0.3, -0.25) is 4.79 Å². The average molecular weight is 215 g/mol. The van der Waals surface area contributed by atoms with Crippen LogP contribution in [0.25, 0.3) is 0 Å². The van der Waals surface area contributed by atoms with E-state index in [1.165, 1.54) is 0 Å². The van der Waals surface area contributed by atoms with E-state index in [0.717, 1.165) is 26.2 Å². The van der Waals surface area contributed by atoms with Crippen LogP contribution in [0.1, 0.15) is 27.2 Å². The van der Waals surface area contributed by atoms with Crippen molar-refractivity contribution in [1.82, 2.24) is 5.32 Å². The maximum atomic E-state index is 11.7. The Kier molecular flexibility index (Phi) is 4.54. The summed E-state index contributed by atoms with van der Waals surface area (Å²) in [6.07, 6.45) is 0.995. The number of rotatable bonds is 5. The van der Waals surface area contributed by atoms with E-state index in [1.807, 2.05) is 20.8 Å². The van der Waals surface area contributed by atoms with Gasteiger partial charge in [0, 0.05) is 12.5 Å². The molecule has 15 heavy (non-hydrogen) atoms. The summed E-state index contributed by atoms with van der Waals surface area (Å²) in [5.41, 5.74) is -0.589. The van der Waals surface area contributed by atoms with Gasteiger partial charge < -0.3 is 14.8 Å². The molecule has 0 aromatic carbocycles. The predicted molar refractivity (Wildman–Crippen MR) is 57.6 cm³/mol. The summed E-state index contributed by atoms with van der Waals surface area (Å²) in [6.45, 7) is 8.39. The molecule has 1 N–H and O–H groups in total. The number of hydrogen-bond donors (Lipinski definition) is 1. The Morgan fingerprint density at radius 2 is 2.33 bits per heavy atom. The zero-order valence-electron chi connectivity index (χ0n) is 9.84. The van der Waals surface area contributed by atoms with Crippen LogP contribution in [0.4, 0.5) is 0 Å². The molecule has 1 aliphatic heterocycles. The Bertz CT molecular complexity index is 210. The third kappa shape index (κ3) is 3.80. The van der Waals surface area contributed by atoms with E-state index >= 15 is 0 Å². The van der Waals surface area contributed by atoms with Crippen molar-refractivity contribution in [2.45, 2.75) is 32.7 Å². The highest BCUT2D eigenvalue weighted by Crippen LogP contribution is 2.14. The molecule has 4 heteroatoms. The number of carbonyl (C=O) groups excluding carboxylic acids is 1. The Morgan fingerprint density at radius 3 is 2.87 bits per heavy atom. The number of ether oxygens (including phenoxy) is 2. The highest BCUT2D eigenvalue weighted by Gasteiger charge is 2.29. The fourth-order valence-corrected chi connectivity index (χ4v) is 1.60. The van der Waals surface area contributed by atoms with Gasteiger partial charge in [0.15, 0.2) is 0 Å². The van der Waals surface area contributed by atoms with Crippen LogP contribution in [-0.2, 0) is 14.3 Å². The molecule has 0 spiro atoms. The molecule has 4 nitrogen and oxygen atoms in total.